The van der Waals surface area contributed by atoms with Crippen LogP contribution in [0.1, 0.15) is 52.9 Å². The predicted octanol–water partition coefficient (Wildman–Crippen LogP) is 0.968. The number of rotatable bonds is 4. The molecule has 1 unspecified atom stereocenters. The van der Waals surface area contributed by atoms with Crippen molar-refractivity contribution in [2.24, 2.45) is 0 Å². The largest absolute Gasteiger partial charge is 0.480 e. The third kappa shape index (κ3) is 5.58. The van der Waals surface area contributed by atoms with Crippen LogP contribution in [0.3, 0.4) is 0 Å². The fourth-order valence-electron chi connectivity index (χ4n) is 3.50. The highest BCUT2D eigenvalue weighted by molar-refractivity contribution is 5.92. The third-order valence-electron chi connectivity index (χ3n) is 4.67. The van der Waals surface area contributed by atoms with Crippen LogP contribution in [0, 0.1) is 0 Å². The first-order chi connectivity index (χ1) is 12.6. The molecular weight excluding hydrogens is 354 g/mol. The second kappa shape index (κ2) is 8.58. The monoisotopic (exact) mass is 383 g/mol. The van der Waals surface area contributed by atoms with E-state index in [4.69, 9.17) is 9.84 Å². The number of carbonyl (C=O) groups excluding carboxylic acids is 3. The molecule has 152 valence electrons. The summed E-state index contributed by atoms with van der Waals surface area (Å²) in [5.41, 5.74) is -0.655. The molecule has 3 amide bonds. The van der Waals surface area contributed by atoms with Gasteiger partial charge in [-0.1, -0.05) is 0 Å². The summed E-state index contributed by atoms with van der Waals surface area (Å²) >= 11 is 0. The molecule has 2 rings (SSSR count). The zero-order valence-corrected chi connectivity index (χ0v) is 16.2. The molecule has 0 radical (unpaired) electrons. The lowest BCUT2D eigenvalue weighted by atomic mass is 9.99. The molecule has 2 atom stereocenters. The van der Waals surface area contributed by atoms with E-state index in [1.807, 2.05) is 0 Å². The molecule has 0 bridgehead atoms. The average Bonchev–Trinajstić information content (AvgIpc) is 3.07. The van der Waals surface area contributed by atoms with Gasteiger partial charge in [0.2, 0.25) is 11.8 Å². The molecule has 0 aromatic carbocycles. The molecule has 2 aliphatic heterocycles. The number of likely N-dealkylation sites (tertiary alicyclic amines) is 2. The molecule has 9 heteroatoms. The van der Waals surface area contributed by atoms with Gasteiger partial charge < -0.3 is 20.1 Å². The van der Waals surface area contributed by atoms with E-state index in [1.165, 1.54) is 9.80 Å². The maximum Gasteiger partial charge on any atom is 0.410 e. The molecule has 2 heterocycles. The Hall–Kier alpha value is -2.32. The minimum Gasteiger partial charge on any atom is -0.480 e. The van der Waals surface area contributed by atoms with Crippen LogP contribution in [-0.2, 0) is 19.1 Å². The standard InChI is InChI=1S/C18H29N3O6/c1-18(2,3)27-17(26)21-10-6-8-13(21)16(25)20-9-5-4-7-12(20)15(24)19-11-14(22)23/h12-13H,4-11H2,1-3H3,(H,19,24)(H,22,23)/t12-,13?/m0/s1. The molecule has 2 aliphatic rings. The summed E-state index contributed by atoms with van der Waals surface area (Å²) < 4.78 is 5.40. The number of aliphatic carboxylic acids is 1. The Balaban J connectivity index is 2.09. The Morgan fingerprint density at radius 3 is 2.26 bits per heavy atom. The molecule has 0 spiro atoms. The Morgan fingerprint density at radius 1 is 1.00 bits per heavy atom. The number of carboxylic acid groups (broad SMARTS) is 1. The van der Waals surface area contributed by atoms with E-state index in [2.05, 4.69) is 5.32 Å². The molecular formula is C18H29N3O6. The summed E-state index contributed by atoms with van der Waals surface area (Å²) in [7, 11) is 0. The van der Waals surface area contributed by atoms with Crippen LogP contribution in [0.25, 0.3) is 0 Å². The topological polar surface area (TPSA) is 116 Å². The predicted molar refractivity (Wildman–Crippen MR) is 96.0 cm³/mol. The summed E-state index contributed by atoms with van der Waals surface area (Å²) in [4.78, 5) is 51.5. The highest BCUT2D eigenvalue weighted by Gasteiger charge is 2.42. The second-order valence-corrected chi connectivity index (χ2v) is 7.99. The van der Waals surface area contributed by atoms with Gasteiger partial charge in [0.05, 0.1) is 0 Å². The van der Waals surface area contributed by atoms with Crippen LogP contribution < -0.4 is 5.32 Å². The van der Waals surface area contributed by atoms with E-state index in [9.17, 15) is 19.2 Å². The molecule has 2 saturated heterocycles. The van der Waals surface area contributed by atoms with Crippen molar-refractivity contribution in [2.75, 3.05) is 19.6 Å². The van der Waals surface area contributed by atoms with Crippen molar-refractivity contribution in [3.63, 3.8) is 0 Å². The smallest absolute Gasteiger partial charge is 0.410 e. The molecule has 9 nitrogen and oxygen atoms in total. The van der Waals surface area contributed by atoms with Crippen molar-refractivity contribution in [1.82, 2.24) is 15.1 Å². The van der Waals surface area contributed by atoms with E-state index in [0.717, 1.165) is 12.8 Å². The number of hydrogen-bond donors (Lipinski definition) is 2. The summed E-state index contributed by atoms with van der Waals surface area (Å²) in [5, 5.41) is 11.1. The lowest BCUT2D eigenvalue weighted by molar-refractivity contribution is -0.146. The molecule has 27 heavy (non-hydrogen) atoms. The van der Waals surface area contributed by atoms with Gasteiger partial charge in [-0.2, -0.15) is 0 Å². The van der Waals surface area contributed by atoms with Gasteiger partial charge in [-0.3, -0.25) is 19.3 Å². The van der Waals surface area contributed by atoms with Crippen LogP contribution in [-0.4, -0.2) is 76.1 Å². The number of nitrogens with zero attached hydrogens (tertiary/aromatic N) is 2. The van der Waals surface area contributed by atoms with Crippen LogP contribution in [0.5, 0.6) is 0 Å². The Bertz CT molecular complexity index is 600. The summed E-state index contributed by atoms with van der Waals surface area (Å²) in [6.45, 7) is 5.68. The molecule has 0 aromatic rings. The van der Waals surface area contributed by atoms with Gasteiger partial charge >= 0.3 is 12.1 Å². The van der Waals surface area contributed by atoms with Gasteiger partial charge in [0.15, 0.2) is 0 Å². The number of carbonyl (C=O) groups is 4. The van der Waals surface area contributed by atoms with E-state index in [0.29, 0.717) is 32.4 Å². The maximum absolute atomic E-state index is 13.1. The highest BCUT2D eigenvalue weighted by atomic mass is 16.6. The van der Waals surface area contributed by atoms with Gasteiger partial charge in [-0.25, -0.2) is 4.79 Å². The van der Waals surface area contributed by atoms with Crippen LogP contribution in [0.15, 0.2) is 0 Å². The van der Waals surface area contributed by atoms with Gasteiger partial charge in [0, 0.05) is 13.1 Å². The Morgan fingerprint density at radius 2 is 1.63 bits per heavy atom. The number of amides is 3. The zero-order chi connectivity index (χ0) is 20.2. The third-order valence-corrected chi connectivity index (χ3v) is 4.67. The number of hydrogen-bond acceptors (Lipinski definition) is 5. The van der Waals surface area contributed by atoms with Crippen molar-refractivity contribution < 1.29 is 29.0 Å². The second-order valence-electron chi connectivity index (χ2n) is 7.99. The highest BCUT2D eigenvalue weighted by Crippen LogP contribution is 2.26. The number of piperidine rings is 1. The fraction of sp³-hybridized carbons (Fsp3) is 0.778. The normalized spacial score (nSPS) is 23.1. The van der Waals surface area contributed by atoms with Gasteiger partial charge in [0.25, 0.3) is 0 Å². The molecule has 0 saturated carbocycles. The van der Waals surface area contributed by atoms with Crippen molar-refractivity contribution in [1.29, 1.82) is 0 Å². The number of nitrogens with one attached hydrogen (secondary N) is 1. The lowest BCUT2D eigenvalue weighted by Crippen LogP contribution is -2.57. The number of ether oxygens (including phenoxy) is 1. The van der Waals surface area contributed by atoms with E-state index < -0.39 is 42.2 Å². The number of carboxylic acids is 1. The first-order valence-corrected chi connectivity index (χ1v) is 9.40. The quantitative estimate of drug-likeness (QED) is 0.747. The van der Waals surface area contributed by atoms with Gasteiger partial charge in [-0.15, -0.1) is 0 Å². The van der Waals surface area contributed by atoms with Crippen molar-refractivity contribution in [3.8, 4) is 0 Å². The van der Waals surface area contributed by atoms with E-state index >= 15 is 0 Å². The van der Waals surface area contributed by atoms with Crippen LogP contribution >= 0.6 is 0 Å². The lowest BCUT2D eigenvalue weighted by Gasteiger charge is -2.38. The maximum atomic E-state index is 13.1. The van der Waals surface area contributed by atoms with Crippen LogP contribution in [0.4, 0.5) is 4.79 Å². The SMILES string of the molecule is CC(C)(C)OC(=O)N1CCCC1C(=O)N1CCCC[C@H]1C(=O)NCC(=O)O. The minimum absolute atomic E-state index is 0.270. The van der Waals surface area contributed by atoms with Crippen molar-refractivity contribution in [3.05, 3.63) is 0 Å². The summed E-state index contributed by atoms with van der Waals surface area (Å²) in [6, 6.07) is -1.35. The Kier molecular flexibility index (Phi) is 6.67. The van der Waals surface area contributed by atoms with Crippen molar-refractivity contribution >= 4 is 23.9 Å². The fourth-order valence-corrected chi connectivity index (χ4v) is 3.50. The first kappa shape index (κ1) is 21.0. The molecule has 0 aliphatic carbocycles. The van der Waals surface area contributed by atoms with E-state index in [-0.39, 0.29) is 5.91 Å². The van der Waals surface area contributed by atoms with E-state index in [1.54, 1.807) is 20.8 Å². The summed E-state index contributed by atoms with van der Waals surface area (Å²) in [5.74, 6) is -1.87. The Labute approximate surface area is 159 Å². The summed E-state index contributed by atoms with van der Waals surface area (Å²) in [6.07, 6.45) is 2.73. The van der Waals surface area contributed by atoms with Gasteiger partial charge in [-0.05, 0) is 52.9 Å². The first-order valence-electron chi connectivity index (χ1n) is 9.40. The zero-order valence-electron chi connectivity index (χ0n) is 16.2. The molecule has 0 aromatic heterocycles. The van der Waals surface area contributed by atoms with Crippen LogP contribution in [0.2, 0.25) is 0 Å². The van der Waals surface area contributed by atoms with Gasteiger partial charge in [0.1, 0.15) is 24.2 Å². The average molecular weight is 383 g/mol. The van der Waals surface area contributed by atoms with Crippen molar-refractivity contribution in [2.45, 2.75) is 70.6 Å². The minimum atomic E-state index is -1.14. The molecule has 2 fully saturated rings. The molecule has 2 N–H and O–H groups in total.